The molecule has 0 aromatic heterocycles. The van der Waals surface area contributed by atoms with Crippen LogP contribution in [-0.4, -0.2) is 0 Å². The van der Waals surface area contributed by atoms with Crippen LogP contribution in [0.15, 0.2) is 24.3 Å². The smallest absolute Gasteiger partial charge is 0.00144 e. The summed E-state index contributed by atoms with van der Waals surface area (Å²) in [6.45, 7) is 2.26. The predicted octanol–water partition coefficient (Wildman–Crippen LogP) is 6.26. The third-order valence-corrected chi connectivity index (χ3v) is 5.31. The second-order valence-electron chi connectivity index (χ2n) is 6.30. The van der Waals surface area contributed by atoms with Gasteiger partial charge in [0.05, 0.1) is 0 Å². The zero-order chi connectivity index (χ0) is 14.2. The molecule has 0 amide bonds. The van der Waals surface area contributed by atoms with Gasteiger partial charge in [0.2, 0.25) is 0 Å². The van der Waals surface area contributed by atoms with Crippen LogP contribution < -0.4 is 0 Å². The van der Waals surface area contributed by atoms with Gasteiger partial charge in [-0.3, -0.25) is 0 Å². The number of hydrogen-bond acceptors (Lipinski definition) is 0. The molecular weight excluding hydrogens is 259 g/mol. The highest BCUT2D eigenvalue weighted by molar-refractivity contribution is 7.17. The van der Waals surface area contributed by atoms with E-state index in [4.69, 9.17) is 0 Å². The molecule has 2 atom stereocenters. The maximum atomic E-state index is 3.05. The molecule has 1 aliphatic carbocycles. The Hall–Kier alpha value is -0.350. The Labute approximate surface area is 127 Å². The van der Waals surface area contributed by atoms with Crippen molar-refractivity contribution in [2.24, 2.45) is 0 Å². The molecule has 111 valence electrons. The van der Waals surface area contributed by atoms with Crippen molar-refractivity contribution in [3.8, 4) is 0 Å². The van der Waals surface area contributed by atoms with Crippen molar-refractivity contribution in [1.82, 2.24) is 0 Å². The van der Waals surface area contributed by atoms with E-state index in [-0.39, 0.29) is 0 Å². The van der Waals surface area contributed by atoms with Crippen LogP contribution in [0.5, 0.6) is 0 Å². The van der Waals surface area contributed by atoms with E-state index in [9.17, 15) is 0 Å². The molecule has 20 heavy (non-hydrogen) atoms. The first-order valence-electron chi connectivity index (χ1n) is 8.47. The topological polar surface area (TPSA) is 0 Å². The quantitative estimate of drug-likeness (QED) is 0.519. The molecule has 0 nitrogen and oxygen atoms in total. The van der Waals surface area contributed by atoms with E-state index in [1.54, 1.807) is 0 Å². The van der Waals surface area contributed by atoms with E-state index in [0.717, 1.165) is 0 Å². The van der Waals surface area contributed by atoms with Gasteiger partial charge in [-0.1, -0.05) is 56.9 Å². The zero-order valence-electron chi connectivity index (χ0n) is 13.0. The first-order chi connectivity index (χ1) is 9.79. The number of unbranched alkanes of at least 4 members (excludes halogenated alkanes) is 1. The Kier molecular flexibility index (Phi) is 7.08. The molecule has 2 unspecified atom stereocenters. The second-order valence-corrected chi connectivity index (χ2v) is 7.11. The van der Waals surface area contributed by atoms with Crippen LogP contribution in [0.4, 0.5) is 0 Å². The Morgan fingerprint density at radius 1 is 1.00 bits per heavy atom. The minimum atomic E-state index is 0.629. The summed E-state index contributed by atoms with van der Waals surface area (Å²) in [5, 5.41) is 0. The summed E-state index contributed by atoms with van der Waals surface area (Å²) in [5.41, 5.74) is 3.62. The average Bonchev–Trinajstić information content (AvgIpc) is 2.52. The van der Waals surface area contributed by atoms with Crippen LogP contribution in [-0.2, 0) is 6.42 Å². The molecule has 1 aromatic rings. The lowest BCUT2D eigenvalue weighted by Crippen LogP contribution is -2.05. The van der Waals surface area contributed by atoms with E-state index in [2.05, 4.69) is 40.4 Å². The van der Waals surface area contributed by atoms with Crippen molar-refractivity contribution >= 4 is 9.24 Å². The van der Waals surface area contributed by atoms with Gasteiger partial charge in [-0.15, -0.1) is 9.24 Å². The van der Waals surface area contributed by atoms with Crippen LogP contribution in [0, 0.1) is 5.92 Å². The largest absolute Gasteiger partial charge is 0.130 e. The minimum Gasteiger partial charge on any atom is -0.130 e. The molecule has 0 spiro atoms. The van der Waals surface area contributed by atoms with Crippen molar-refractivity contribution in [3.05, 3.63) is 41.3 Å². The maximum Gasteiger partial charge on any atom is -0.00144 e. The SMILES string of the molecule is CCCCc1ccc(C(P)CC[C]2CCCCC2)cc1. The van der Waals surface area contributed by atoms with Gasteiger partial charge in [0.25, 0.3) is 0 Å². The molecule has 1 saturated carbocycles. The van der Waals surface area contributed by atoms with Gasteiger partial charge >= 0.3 is 0 Å². The molecule has 1 aliphatic rings. The van der Waals surface area contributed by atoms with Gasteiger partial charge in [-0.25, -0.2) is 0 Å². The lowest BCUT2D eigenvalue weighted by molar-refractivity contribution is 0.496. The highest BCUT2D eigenvalue weighted by atomic mass is 31.0. The van der Waals surface area contributed by atoms with Crippen LogP contribution in [0.25, 0.3) is 0 Å². The van der Waals surface area contributed by atoms with Crippen LogP contribution >= 0.6 is 9.24 Å². The monoisotopic (exact) mass is 289 g/mol. The van der Waals surface area contributed by atoms with E-state index in [1.165, 1.54) is 75.3 Å². The number of aryl methyl sites for hydroxylation is 1. The van der Waals surface area contributed by atoms with E-state index >= 15 is 0 Å². The Balaban J connectivity index is 1.77. The fraction of sp³-hybridized carbons (Fsp3) is 0.632. The molecule has 0 N–H and O–H groups in total. The Morgan fingerprint density at radius 2 is 1.70 bits per heavy atom. The summed E-state index contributed by atoms with van der Waals surface area (Å²) in [6.07, 6.45) is 13.6. The van der Waals surface area contributed by atoms with E-state index in [1.807, 2.05) is 5.92 Å². The van der Waals surface area contributed by atoms with E-state index in [0.29, 0.717) is 5.66 Å². The minimum absolute atomic E-state index is 0.629. The van der Waals surface area contributed by atoms with Crippen LogP contribution in [0.2, 0.25) is 0 Å². The molecule has 0 bridgehead atoms. The maximum absolute atomic E-state index is 3.05. The van der Waals surface area contributed by atoms with Crippen molar-refractivity contribution in [2.75, 3.05) is 0 Å². The summed E-state index contributed by atoms with van der Waals surface area (Å²) in [5.74, 6) is 1.82. The first kappa shape index (κ1) is 16.0. The standard InChI is InChI=1S/C19H30P/c1-2-3-7-17-10-13-18(14-11-17)19(20)15-12-16-8-5-4-6-9-16/h10-11,13-14,19H,2-9,12,15,20H2,1H3. The molecule has 0 heterocycles. The summed E-state index contributed by atoms with van der Waals surface area (Å²) in [6, 6.07) is 9.34. The van der Waals surface area contributed by atoms with Crippen LogP contribution in [0.1, 0.15) is 81.5 Å². The molecule has 0 aliphatic heterocycles. The number of benzene rings is 1. The van der Waals surface area contributed by atoms with Crippen LogP contribution in [0.3, 0.4) is 0 Å². The van der Waals surface area contributed by atoms with Crippen molar-refractivity contribution < 1.29 is 0 Å². The summed E-state index contributed by atoms with van der Waals surface area (Å²) in [4.78, 5) is 0. The highest BCUT2D eigenvalue weighted by Gasteiger charge is 2.15. The van der Waals surface area contributed by atoms with Gasteiger partial charge in [-0.2, -0.15) is 0 Å². The number of hydrogen-bond donors (Lipinski definition) is 0. The average molecular weight is 289 g/mol. The number of rotatable bonds is 7. The van der Waals surface area contributed by atoms with E-state index < -0.39 is 0 Å². The zero-order valence-corrected chi connectivity index (χ0v) is 14.2. The predicted molar refractivity (Wildman–Crippen MR) is 93.1 cm³/mol. The lowest BCUT2D eigenvalue weighted by atomic mass is 9.85. The van der Waals surface area contributed by atoms with Crippen molar-refractivity contribution in [1.29, 1.82) is 0 Å². The Morgan fingerprint density at radius 3 is 2.35 bits per heavy atom. The first-order valence-corrected chi connectivity index (χ1v) is 9.14. The van der Waals surface area contributed by atoms with Crippen molar-refractivity contribution in [2.45, 2.75) is 76.8 Å². The normalized spacial score (nSPS) is 18.1. The van der Waals surface area contributed by atoms with Crippen molar-refractivity contribution in [3.63, 3.8) is 0 Å². The lowest BCUT2D eigenvalue weighted by Gasteiger charge is -2.22. The van der Waals surface area contributed by atoms with Gasteiger partial charge in [0.1, 0.15) is 0 Å². The summed E-state index contributed by atoms with van der Waals surface area (Å²) in [7, 11) is 3.05. The molecule has 1 radical (unpaired) electrons. The summed E-state index contributed by atoms with van der Waals surface area (Å²) >= 11 is 0. The van der Waals surface area contributed by atoms with Gasteiger partial charge < -0.3 is 0 Å². The third kappa shape index (κ3) is 5.21. The molecule has 0 saturated heterocycles. The summed E-state index contributed by atoms with van der Waals surface area (Å²) < 4.78 is 0. The molecule has 1 aromatic carbocycles. The third-order valence-electron chi connectivity index (χ3n) is 4.60. The molecule has 2 rings (SSSR count). The molecule has 1 fully saturated rings. The second kappa shape index (κ2) is 8.83. The Bertz CT molecular complexity index is 362. The fourth-order valence-electron chi connectivity index (χ4n) is 3.14. The molecule has 1 heteroatoms. The van der Waals surface area contributed by atoms with Gasteiger partial charge in [-0.05, 0) is 61.2 Å². The van der Waals surface area contributed by atoms with Gasteiger partial charge in [0.15, 0.2) is 0 Å². The highest BCUT2D eigenvalue weighted by Crippen LogP contribution is 2.35. The fourth-order valence-corrected chi connectivity index (χ4v) is 3.53. The molecular formula is C19H30P. The van der Waals surface area contributed by atoms with Gasteiger partial charge in [0, 0.05) is 0 Å².